The molecule has 1 aliphatic carbocycles. The third kappa shape index (κ3) is 3.33. The van der Waals surface area contributed by atoms with Gasteiger partial charge in [-0.05, 0) is 46.1 Å². The van der Waals surface area contributed by atoms with Crippen molar-refractivity contribution in [1.29, 1.82) is 0 Å². The van der Waals surface area contributed by atoms with Gasteiger partial charge in [0.05, 0.1) is 0 Å². The van der Waals surface area contributed by atoms with Crippen LogP contribution in [-0.4, -0.2) is 18.6 Å². The van der Waals surface area contributed by atoms with Crippen LogP contribution in [0.4, 0.5) is 0 Å². The van der Waals surface area contributed by atoms with Crippen LogP contribution in [0.2, 0.25) is 0 Å². The van der Waals surface area contributed by atoms with Crippen molar-refractivity contribution in [3.8, 4) is 0 Å². The van der Waals surface area contributed by atoms with Gasteiger partial charge in [0.1, 0.15) is 11.5 Å². The molecule has 0 aliphatic heterocycles. The standard InChI is InChI=1S/C14H24N2O/c1-9(7-16-13-5-6-13)15-8-14-10(2)11(3)17-12(14)4/h9,13,15-16H,5-8H2,1-4H3. The van der Waals surface area contributed by atoms with Gasteiger partial charge < -0.3 is 15.1 Å². The Hall–Kier alpha value is -0.800. The van der Waals surface area contributed by atoms with E-state index in [1.165, 1.54) is 24.0 Å². The monoisotopic (exact) mass is 236 g/mol. The molecule has 1 aromatic rings. The van der Waals surface area contributed by atoms with E-state index >= 15 is 0 Å². The van der Waals surface area contributed by atoms with Crippen molar-refractivity contribution < 1.29 is 4.42 Å². The lowest BCUT2D eigenvalue weighted by Crippen LogP contribution is -2.36. The van der Waals surface area contributed by atoms with Gasteiger partial charge in [-0.1, -0.05) is 0 Å². The molecule has 0 amide bonds. The number of hydrogen-bond donors (Lipinski definition) is 2. The molecule has 1 aromatic heterocycles. The van der Waals surface area contributed by atoms with Crippen molar-refractivity contribution >= 4 is 0 Å². The van der Waals surface area contributed by atoms with E-state index in [-0.39, 0.29) is 0 Å². The van der Waals surface area contributed by atoms with E-state index in [0.717, 1.165) is 30.7 Å². The van der Waals surface area contributed by atoms with Gasteiger partial charge in [-0.25, -0.2) is 0 Å². The van der Waals surface area contributed by atoms with Crippen molar-refractivity contribution in [2.75, 3.05) is 6.54 Å². The lowest BCUT2D eigenvalue weighted by atomic mass is 10.1. The minimum atomic E-state index is 0.504. The Morgan fingerprint density at radius 2 is 1.94 bits per heavy atom. The van der Waals surface area contributed by atoms with Crippen LogP contribution in [0, 0.1) is 20.8 Å². The zero-order valence-corrected chi connectivity index (χ0v) is 11.4. The zero-order valence-electron chi connectivity index (χ0n) is 11.4. The van der Waals surface area contributed by atoms with Crippen LogP contribution in [0.25, 0.3) is 0 Å². The average molecular weight is 236 g/mol. The Bertz CT molecular complexity index is 380. The first-order valence-electron chi connectivity index (χ1n) is 6.60. The van der Waals surface area contributed by atoms with Crippen LogP contribution in [-0.2, 0) is 6.54 Å². The second-order valence-corrected chi connectivity index (χ2v) is 5.28. The molecule has 1 unspecified atom stereocenters. The van der Waals surface area contributed by atoms with Gasteiger partial charge in [-0.3, -0.25) is 0 Å². The number of hydrogen-bond acceptors (Lipinski definition) is 3. The molecular formula is C14H24N2O. The van der Waals surface area contributed by atoms with E-state index in [2.05, 4.69) is 24.5 Å². The second-order valence-electron chi connectivity index (χ2n) is 5.28. The van der Waals surface area contributed by atoms with Gasteiger partial charge in [0.25, 0.3) is 0 Å². The first kappa shape index (κ1) is 12.7. The molecule has 0 aromatic carbocycles. The summed E-state index contributed by atoms with van der Waals surface area (Å²) in [6.45, 7) is 10.4. The summed E-state index contributed by atoms with van der Waals surface area (Å²) in [5.74, 6) is 2.10. The zero-order chi connectivity index (χ0) is 12.4. The molecule has 3 heteroatoms. The smallest absolute Gasteiger partial charge is 0.105 e. The number of furan rings is 1. The normalized spacial score (nSPS) is 17.4. The van der Waals surface area contributed by atoms with Crippen molar-refractivity contribution in [1.82, 2.24) is 10.6 Å². The summed E-state index contributed by atoms with van der Waals surface area (Å²) in [5, 5.41) is 7.10. The molecule has 1 heterocycles. The third-order valence-electron chi connectivity index (χ3n) is 3.63. The summed E-state index contributed by atoms with van der Waals surface area (Å²) in [6, 6.07) is 1.29. The van der Waals surface area contributed by atoms with Gasteiger partial charge in [0.15, 0.2) is 0 Å². The lowest BCUT2D eigenvalue weighted by molar-refractivity contribution is 0.482. The number of aryl methyl sites for hydroxylation is 2. The fourth-order valence-corrected chi connectivity index (χ4v) is 2.08. The highest BCUT2D eigenvalue weighted by molar-refractivity contribution is 5.31. The first-order chi connectivity index (χ1) is 8.08. The SMILES string of the molecule is Cc1oc(C)c(CNC(C)CNC2CC2)c1C. The van der Waals surface area contributed by atoms with Crippen molar-refractivity contribution in [2.24, 2.45) is 0 Å². The highest BCUT2D eigenvalue weighted by Crippen LogP contribution is 2.20. The highest BCUT2D eigenvalue weighted by Gasteiger charge is 2.20. The summed E-state index contributed by atoms with van der Waals surface area (Å²) in [6.07, 6.45) is 2.71. The number of nitrogens with one attached hydrogen (secondary N) is 2. The Morgan fingerprint density at radius 3 is 2.47 bits per heavy atom. The molecule has 1 fully saturated rings. The van der Waals surface area contributed by atoms with Crippen LogP contribution in [0.3, 0.4) is 0 Å². The van der Waals surface area contributed by atoms with Gasteiger partial charge in [-0.15, -0.1) is 0 Å². The van der Waals surface area contributed by atoms with E-state index in [9.17, 15) is 0 Å². The van der Waals surface area contributed by atoms with Crippen LogP contribution < -0.4 is 10.6 Å². The Kier molecular flexibility index (Phi) is 3.89. The number of rotatable bonds is 6. The largest absolute Gasteiger partial charge is 0.466 e. The molecule has 17 heavy (non-hydrogen) atoms. The molecule has 2 N–H and O–H groups in total. The third-order valence-corrected chi connectivity index (χ3v) is 3.63. The predicted molar refractivity (Wildman–Crippen MR) is 70.2 cm³/mol. The van der Waals surface area contributed by atoms with Gasteiger partial charge in [0, 0.05) is 30.7 Å². The molecule has 2 rings (SSSR count). The van der Waals surface area contributed by atoms with Gasteiger partial charge in [-0.2, -0.15) is 0 Å². The van der Waals surface area contributed by atoms with Crippen molar-refractivity contribution in [3.63, 3.8) is 0 Å². The molecule has 1 atom stereocenters. The fourth-order valence-electron chi connectivity index (χ4n) is 2.08. The second kappa shape index (κ2) is 5.23. The maximum absolute atomic E-state index is 5.63. The lowest BCUT2D eigenvalue weighted by Gasteiger charge is -2.14. The molecule has 1 aliphatic rings. The Balaban J connectivity index is 1.79. The molecule has 0 spiro atoms. The van der Waals surface area contributed by atoms with Crippen molar-refractivity contribution in [2.45, 2.75) is 59.2 Å². The summed E-state index contributed by atoms with van der Waals surface area (Å²) in [4.78, 5) is 0. The molecule has 96 valence electrons. The first-order valence-corrected chi connectivity index (χ1v) is 6.60. The summed E-state index contributed by atoms with van der Waals surface area (Å²) in [5.41, 5.74) is 2.61. The Labute approximate surface area is 104 Å². The maximum Gasteiger partial charge on any atom is 0.105 e. The van der Waals surface area contributed by atoms with Gasteiger partial charge in [0.2, 0.25) is 0 Å². The summed E-state index contributed by atoms with van der Waals surface area (Å²) < 4.78 is 5.63. The average Bonchev–Trinajstić information content (AvgIpc) is 3.06. The van der Waals surface area contributed by atoms with E-state index in [1.54, 1.807) is 0 Å². The Morgan fingerprint density at radius 1 is 1.24 bits per heavy atom. The topological polar surface area (TPSA) is 37.2 Å². The molecule has 0 radical (unpaired) electrons. The van der Waals surface area contributed by atoms with Crippen LogP contribution >= 0.6 is 0 Å². The van der Waals surface area contributed by atoms with E-state index in [4.69, 9.17) is 4.42 Å². The van der Waals surface area contributed by atoms with E-state index in [1.807, 2.05) is 13.8 Å². The molecule has 0 saturated heterocycles. The molecule has 3 nitrogen and oxygen atoms in total. The minimum Gasteiger partial charge on any atom is -0.466 e. The molecular weight excluding hydrogens is 212 g/mol. The molecule has 1 saturated carbocycles. The van der Waals surface area contributed by atoms with E-state index < -0.39 is 0 Å². The van der Waals surface area contributed by atoms with Crippen LogP contribution in [0.1, 0.15) is 42.4 Å². The minimum absolute atomic E-state index is 0.504. The molecule has 0 bridgehead atoms. The summed E-state index contributed by atoms with van der Waals surface area (Å²) >= 11 is 0. The van der Waals surface area contributed by atoms with Gasteiger partial charge >= 0.3 is 0 Å². The fraction of sp³-hybridized carbons (Fsp3) is 0.714. The van der Waals surface area contributed by atoms with E-state index in [0.29, 0.717) is 6.04 Å². The maximum atomic E-state index is 5.63. The van der Waals surface area contributed by atoms with Crippen molar-refractivity contribution in [3.05, 3.63) is 22.6 Å². The summed E-state index contributed by atoms with van der Waals surface area (Å²) in [7, 11) is 0. The predicted octanol–water partition coefficient (Wildman–Crippen LogP) is 2.43. The quantitative estimate of drug-likeness (QED) is 0.796. The highest BCUT2D eigenvalue weighted by atomic mass is 16.3. The van der Waals surface area contributed by atoms with Crippen LogP contribution in [0.15, 0.2) is 4.42 Å². The van der Waals surface area contributed by atoms with Crippen LogP contribution in [0.5, 0.6) is 0 Å².